The normalized spacial score (nSPS) is 12.6. The zero-order chi connectivity index (χ0) is 6.08. The molecule has 0 radical (unpaired) electrons. The molecule has 0 rings (SSSR count). The van der Waals surface area contributed by atoms with E-state index in [9.17, 15) is 8.42 Å². The lowest BCUT2D eigenvalue weighted by molar-refractivity contribution is 0.601. The highest BCUT2D eigenvalue weighted by atomic mass is 79.9. The quantitative estimate of drug-likeness (QED) is 0.685. The summed E-state index contributed by atoms with van der Waals surface area (Å²) in [6.07, 6.45) is 0. The molecule has 2 N–H and O–H groups in total. The highest BCUT2D eigenvalue weighted by Crippen LogP contribution is 2.11. The summed E-state index contributed by atoms with van der Waals surface area (Å²) in [7, 11) is -3.41. The van der Waals surface area contributed by atoms with Gasteiger partial charge in [-0.2, -0.15) is 0 Å². The van der Waals surface area contributed by atoms with Crippen molar-refractivity contribution in [2.75, 3.05) is 0 Å². The van der Waals surface area contributed by atoms with Crippen molar-refractivity contribution in [1.29, 1.82) is 0 Å². The van der Waals surface area contributed by atoms with Gasteiger partial charge in [-0.15, -0.1) is 0 Å². The predicted octanol–water partition coefficient (Wildman–Crippen LogP) is 0.348. The summed E-state index contributed by atoms with van der Waals surface area (Å²) in [6, 6.07) is 0. The van der Waals surface area contributed by atoms with Gasteiger partial charge in [-0.3, -0.25) is 0 Å². The highest BCUT2D eigenvalue weighted by Gasteiger charge is 2.10. The fourth-order valence-corrected chi connectivity index (χ4v) is 0. The van der Waals surface area contributed by atoms with Gasteiger partial charge in [0, 0.05) is 0 Å². The van der Waals surface area contributed by atoms with Crippen LogP contribution in [0.5, 0.6) is 0 Å². The standard InChI is InChI=1S/CH3Br2NO2S/c2-1(3)7(4,5)6/h1H,(H2,4,5,6). The van der Waals surface area contributed by atoms with Gasteiger partial charge in [0.2, 0.25) is 10.0 Å². The maximum absolute atomic E-state index is 10.0. The summed E-state index contributed by atoms with van der Waals surface area (Å²) in [5.74, 6) is 0. The first-order chi connectivity index (χ1) is 2.94. The van der Waals surface area contributed by atoms with Crippen LogP contribution in [0.15, 0.2) is 0 Å². The van der Waals surface area contributed by atoms with E-state index < -0.39 is 13.1 Å². The predicted molar refractivity (Wildman–Crippen MR) is 34.7 cm³/mol. The van der Waals surface area contributed by atoms with Gasteiger partial charge >= 0.3 is 0 Å². The Hall–Kier alpha value is 0.870. The van der Waals surface area contributed by atoms with E-state index in [-0.39, 0.29) is 0 Å². The SMILES string of the molecule is NS(=O)(=O)C(Br)Br. The minimum atomic E-state index is -3.41. The molecule has 0 aliphatic heterocycles. The first-order valence-electron chi connectivity index (χ1n) is 1.24. The lowest BCUT2D eigenvalue weighted by Gasteiger charge is -1.92. The highest BCUT2D eigenvalue weighted by molar-refractivity contribution is 9.27. The number of halogens is 2. The minimum Gasteiger partial charge on any atom is -0.227 e. The minimum absolute atomic E-state index is 0.826. The van der Waals surface area contributed by atoms with Gasteiger partial charge in [-0.25, -0.2) is 13.6 Å². The number of primary sulfonamides is 1. The topological polar surface area (TPSA) is 60.2 Å². The van der Waals surface area contributed by atoms with Crippen molar-refractivity contribution >= 4 is 41.9 Å². The van der Waals surface area contributed by atoms with Crippen LogP contribution < -0.4 is 5.14 Å². The number of nitrogens with two attached hydrogens (primary N) is 1. The average molecular weight is 253 g/mol. The van der Waals surface area contributed by atoms with Gasteiger partial charge in [0.15, 0.2) is 3.07 Å². The molecule has 6 heteroatoms. The van der Waals surface area contributed by atoms with Crippen LogP contribution in [0.3, 0.4) is 0 Å². The molecular weight excluding hydrogens is 250 g/mol. The maximum atomic E-state index is 10.0. The number of alkyl halides is 2. The molecule has 44 valence electrons. The lowest BCUT2D eigenvalue weighted by Crippen LogP contribution is -2.17. The van der Waals surface area contributed by atoms with Gasteiger partial charge in [-0.05, 0) is 0 Å². The summed E-state index contributed by atoms with van der Waals surface area (Å²) in [5, 5.41) is 4.56. The fourth-order valence-electron chi connectivity index (χ4n) is 0. The van der Waals surface area contributed by atoms with Crippen molar-refractivity contribution in [3.8, 4) is 0 Å². The first kappa shape index (κ1) is 7.87. The van der Waals surface area contributed by atoms with E-state index in [0.29, 0.717) is 0 Å². The molecule has 7 heavy (non-hydrogen) atoms. The Kier molecular flexibility index (Phi) is 2.73. The van der Waals surface area contributed by atoms with Gasteiger partial charge < -0.3 is 0 Å². The fraction of sp³-hybridized carbons (Fsp3) is 1.00. The Balaban J connectivity index is 4.10. The molecule has 0 unspecified atom stereocenters. The Labute approximate surface area is 58.6 Å². The van der Waals surface area contributed by atoms with Crippen LogP contribution in [-0.2, 0) is 10.0 Å². The van der Waals surface area contributed by atoms with Crippen molar-refractivity contribution in [3.63, 3.8) is 0 Å². The molecule has 0 aliphatic rings. The third-order valence-electron chi connectivity index (χ3n) is 0.248. The molecule has 0 aliphatic carbocycles. The van der Waals surface area contributed by atoms with Crippen LogP contribution in [0.1, 0.15) is 0 Å². The molecule has 0 saturated carbocycles. The van der Waals surface area contributed by atoms with Crippen LogP contribution in [0.25, 0.3) is 0 Å². The lowest BCUT2D eigenvalue weighted by atomic mass is 11.9. The molecular formula is CH3Br2NO2S. The van der Waals surface area contributed by atoms with Crippen LogP contribution in [0, 0.1) is 0 Å². The third kappa shape index (κ3) is 3.45. The van der Waals surface area contributed by atoms with E-state index >= 15 is 0 Å². The largest absolute Gasteiger partial charge is 0.232 e. The van der Waals surface area contributed by atoms with Gasteiger partial charge in [0.25, 0.3) is 0 Å². The maximum Gasteiger partial charge on any atom is 0.232 e. The monoisotopic (exact) mass is 251 g/mol. The second-order valence-corrected chi connectivity index (χ2v) is 6.77. The number of rotatable bonds is 1. The summed E-state index contributed by atoms with van der Waals surface area (Å²) in [4.78, 5) is 0. The molecule has 3 nitrogen and oxygen atoms in total. The summed E-state index contributed by atoms with van der Waals surface area (Å²) in [6.45, 7) is 0. The molecule has 0 saturated heterocycles. The first-order valence-corrected chi connectivity index (χ1v) is 4.68. The summed E-state index contributed by atoms with van der Waals surface area (Å²) < 4.78 is 19.2. The van der Waals surface area contributed by atoms with Gasteiger partial charge in [0.1, 0.15) is 0 Å². The van der Waals surface area contributed by atoms with Crippen molar-refractivity contribution in [2.24, 2.45) is 5.14 Å². The van der Waals surface area contributed by atoms with Crippen LogP contribution in [-0.4, -0.2) is 11.5 Å². The van der Waals surface area contributed by atoms with E-state index in [1.54, 1.807) is 0 Å². The van der Waals surface area contributed by atoms with Crippen molar-refractivity contribution in [1.82, 2.24) is 0 Å². The molecule has 0 atom stereocenters. The van der Waals surface area contributed by atoms with Gasteiger partial charge in [-0.1, -0.05) is 31.9 Å². The number of hydrogen-bond donors (Lipinski definition) is 1. The Morgan fingerprint density at radius 3 is 1.57 bits per heavy atom. The smallest absolute Gasteiger partial charge is 0.227 e. The Bertz CT molecular complexity index is 138. The van der Waals surface area contributed by atoms with Crippen molar-refractivity contribution in [2.45, 2.75) is 3.07 Å². The van der Waals surface area contributed by atoms with Crippen molar-refractivity contribution in [3.05, 3.63) is 0 Å². The van der Waals surface area contributed by atoms with Gasteiger partial charge in [0.05, 0.1) is 0 Å². The molecule has 0 fully saturated rings. The van der Waals surface area contributed by atoms with E-state index in [1.165, 1.54) is 0 Å². The second-order valence-electron chi connectivity index (χ2n) is 0.850. The van der Waals surface area contributed by atoms with E-state index in [0.717, 1.165) is 0 Å². The Morgan fingerprint density at radius 2 is 1.57 bits per heavy atom. The zero-order valence-electron chi connectivity index (χ0n) is 3.14. The third-order valence-corrected chi connectivity index (χ3v) is 3.87. The van der Waals surface area contributed by atoms with E-state index in [4.69, 9.17) is 0 Å². The molecule has 0 aromatic heterocycles. The summed E-state index contributed by atoms with van der Waals surface area (Å²) >= 11 is 5.40. The Morgan fingerprint density at radius 1 is 1.43 bits per heavy atom. The van der Waals surface area contributed by atoms with Crippen LogP contribution >= 0.6 is 31.9 Å². The van der Waals surface area contributed by atoms with E-state index in [1.807, 2.05) is 0 Å². The van der Waals surface area contributed by atoms with E-state index in [2.05, 4.69) is 37.0 Å². The number of hydrogen-bond acceptors (Lipinski definition) is 2. The van der Waals surface area contributed by atoms with Crippen molar-refractivity contribution < 1.29 is 8.42 Å². The molecule has 0 spiro atoms. The average Bonchev–Trinajstić information content (AvgIpc) is 1.31. The number of sulfonamides is 1. The van der Waals surface area contributed by atoms with Crippen LogP contribution in [0.4, 0.5) is 0 Å². The van der Waals surface area contributed by atoms with Crippen LogP contribution in [0.2, 0.25) is 0 Å². The molecule has 0 aromatic rings. The molecule has 0 aromatic carbocycles. The molecule has 0 bridgehead atoms. The molecule has 0 heterocycles. The second kappa shape index (κ2) is 2.43. The summed E-state index contributed by atoms with van der Waals surface area (Å²) in [5.41, 5.74) is 0. The molecule has 0 amide bonds. The zero-order valence-corrected chi connectivity index (χ0v) is 7.12.